The van der Waals surface area contributed by atoms with Crippen molar-refractivity contribution in [3.8, 4) is 0 Å². The van der Waals surface area contributed by atoms with Crippen LogP contribution in [0.25, 0.3) is 0 Å². The van der Waals surface area contributed by atoms with Gasteiger partial charge in [0.1, 0.15) is 6.04 Å². The van der Waals surface area contributed by atoms with E-state index in [2.05, 4.69) is 23.3 Å². The Morgan fingerprint density at radius 2 is 1.83 bits per heavy atom. The van der Waals surface area contributed by atoms with Crippen LogP contribution in [0, 0.1) is 11.8 Å². The van der Waals surface area contributed by atoms with Crippen molar-refractivity contribution in [2.45, 2.75) is 39.2 Å². The van der Waals surface area contributed by atoms with E-state index in [1.807, 2.05) is 13.8 Å². The van der Waals surface area contributed by atoms with Crippen LogP contribution in [0.3, 0.4) is 0 Å². The molecule has 0 rings (SSSR count). The molecule has 0 saturated heterocycles. The molecule has 23 heavy (non-hydrogen) atoms. The Labute approximate surface area is 141 Å². The Balaban J connectivity index is 4.37. The molecule has 0 saturated carbocycles. The third-order valence-electron chi connectivity index (χ3n) is 3.08. The highest BCUT2D eigenvalue weighted by molar-refractivity contribution is 7.80. The molecule has 0 spiro atoms. The number of nitrogens with two attached hydrogens (primary N) is 1. The maximum atomic E-state index is 11.9. The van der Waals surface area contributed by atoms with Gasteiger partial charge in [-0.1, -0.05) is 13.8 Å². The number of hydrogen-bond donors (Lipinski definition) is 5. The first-order valence-corrected chi connectivity index (χ1v) is 7.99. The van der Waals surface area contributed by atoms with Gasteiger partial charge in [-0.25, -0.2) is 4.79 Å². The van der Waals surface area contributed by atoms with Crippen LogP contribution < -0.4 is 16.4 Å². The second-order valence-corrected chi connectivity index (χ2v) is 6.06. The lowest BCUT2D eigenvalue weighted by molar-refractivity contribution is -0.142. The molecule has 0 aliphatic rings. The third kappa shape index (κ3) is 9.77. The molecule has 0 bridgehead atoms. The van der Waals surface area contributed by atoms with Gasteiger partial charge in [-0.05, 0) is 18.8 Å². The van der Waals surface area contributed by atoms with Crippen LogP contribution in [0.15, 0.2) is 0 Å². The van der Waals surface area contributed by atoms with Crippen LogP contribution in [0.5, 0.6) is 0 Å². The van der Waals surface area contributed by atoms with E-state index in [4.69, 9.17) is 10.8 Å². The molecule has 0 aliphatic heterocycles. The lowest BCUT2D eigenvalue weighted by Crippen LogP contribution is -2.46. The Hall–Kier alpha value is -1.77. The summed E-state index contributed by atoms with van der Waals surface area (Å²) in [6.45, 7) is 3.63. The number of carbonyl (C=O) groups is 4. The van der Waals surface area contributed by atoms with Crippen molar-refractivity contribution in [1.29, 1.82) is 0 Å². The van der Waals surface area contributed by atoms with Crippen LogP contribution in [0.1, 0.15) is 33.1 Å². The van der Waals surface area contributed by atoms with Gasteiger partial charge in [0.05, 0.1) is 6.54 Å². The first-order chi connectivity index (χ1) is 10.7. The van der Waals surface area contributed by atoms with E-state index in [1.165, 1.54) is 0 Å². The summed E-state index contributed by atoms with van der Waals surface area (Å²) in [7, 11) is 0. The number of primary amides is 1. The van der Waals surface area contributed by atoms with Crippen LogP contribution >= 0.6 is 12.6 Å². The molecule has 1 unspecified atom stereocenters. The van der Waals surface area contributed by atoms with Crippen molar-refractivity contribution in [1.82, 2.24) is 10.6 Å². The predicted molar refractivity (Wildman–Crippen MR) is 87.8 cm³/mol. The summed E-state index contributed by atoms with van der Waals surface area (Å²) in [5.74, 6) is -2.48. The zero-order valence-electron chi connectivity index (χ0n) is 13.4. The molecule has 0 aromatic carbocycles. The molecular weight excluding hydrogens is 322 g/mol. The number of aliphatic carboxylic acids is 1. The quantitative estimate of drug-likeness (QED) is 0.322. The molecule has 3 amide bonds. The molecular formula is C14H25N3O5S. The number of hydrogen-bond acceptors (Lipinski definition) is 5. The highest BCUT2D eigenvalue weighted by Gasteiger charge is 2.22. The van der Waals surface area contributed by atoms with Crippen molar-refractivity contribution in [3.63, 3.8) is 0 Å². The zero-order valence-corrected chi connectivity index (χ0v) is 14.3. The topological polar surface area (TPSA) is 139 Å². The molecule has 0 aromatic rings. The van der Waals surface area contributed by atoms with Crippen LogP contribution in [0.4, 0.5) is 0 Å². The number of thiol groups is 1. The van der Waals surface area contributed by atoms with Gasteiger partial charge in [0.25, 0.3) is 0 Å². The second-order valence-electron chi connectivity index (χ2n) is 5.69. The van der Waals surface area contributed by atoms with E-state index in [0.717, 1.165) is 0 Å². The van der Waals surface area contributed by atoms with Crippen LogP contribution in [-0.4, -0.2) is 47.1 Å². The minimum Gasteiger partial charge on any atom is -0.480 e. The molecule has 0 aromatic heterocycles. The zero-order chi connectivity index (χ0) is 18.0. The van der Waals surface area contributed by atoms with Gasteiger partial charge >= 0.3 is 5.97 Å². The maximum Gasteiger partial charge on any atom is 0.326 e. The van der Waals surface area contributed by atoms with Crippen molar-refractivity contribution in [2.24, 2.45) is 17.6 Å². The number of carbonyl (C=O) groups excluding carboxylic acids is 3. The smallest absolute Gasteiger partial charge is 0.326 e. The van der Waals surface area contributed by atoms with Gasteiger partial charge in [-0.3, -0.25) is 14.4 Å². The summed E-state index contributed by atoms with van der Waals surface area (Å²) >= 11 is 4.12. The summed E-state index contributed by atoms with van der Waals surface area (Å²) in [6.07, 6.45) is 0.393. The van der Waals surface area contributed by atoms with Crippen molar-refractivity contribution in [2.75, 3.05) is 12.3 Å². The van der Waals surface area contributed by atoms with E-state index in [1.54, 1.807) is 0 Å². The van der Waals surface area contributed by atoms with Gasteiger partial charge in [0.2, 0.25) is 17.7 Å². The van der Waals surface area contributed by atoms with E-state index in [-0.39, 0.29) is 31.2 Å². The highest BCUT2D eigenvalue weighted by atomic mass is 32.1. The lowest BCUT2D eigenvalue weighted by Gasteiger charge is -2.17. The SMILES string of the molecule is CC(C)CC(CS)C(=O)NCC(=O)N[C@@H](CCC(N)=O)C(=O)O. The van der Waals surface area contributed by atoms with Crippen LogP contribution in [-0.2, 0) is 19.2 Å². The molecule has 0 aliphatic carbocycles. The summed E-state index contributed by atoms with van der Waals surface area (Å²) in [5.41, 5.74) is 4.95. The summed E-state index contributed by atoms with van der Waals surface area (Å²) in [6, 6.07) is -1.22. The fourth-order valence-corrected chi connectivity index (χ4v) is 2.25. The summed E-state index contributed by atoms with van der Waals surface area (Å²) < 4.78 is 0. The van der Waals surface area contributed by atoms with Crippen molar-refractivity contribution in [3.05, 3.63) is 0 Å². The minimum atomic E-state index is -1.26. The van der Waals surface area contributed by atoms with E-state index < -0.39 is 23.8 Å². The Kier molecular flexibility index (Phi) is 10.0. The lowest BCUT2D eigenvalue weighted by atomic mass is 9.98. The van der Waals surface area contributed by atoms with Gasteiger partial charge in [0, 0.05) is 18.1 Å². The largest absolute Gasteiger partial charge is 0.480 e. The molecule has 2 atom stereocenters. The molecule has 0 heterocycles. The van der Waals surface area contributed by atoms with E-state index in [9.17, 15) is 19.2 Å². The molecule has 132 valence electrons. The molecule has 0 fully saturated rings. The average Bonchev–Trinajstić information content (AvgIpc) is 2.45. The Morgan fingerprint density at radius 3 is 2.26 bits per heavy atom. The van der Waals surface area contributed by atoms with Gasteiger partial charge in [-0.2, -0.15) is 12.6 Å². The third-order valence-corrected chi connectivity index (χ3v) is 3.52. The van der Waals surface area contributed by atoms with E-state index >= 15 is 0 Å². The predicted octanol–water partition coefficient (Wildman–Crippen LogP) is -0.470. The minimum absolute atomic E-state index is 0.100. The number of rotatable bonds is 11. The standard InChI is InChI=1S/C14H25N3O5S/c1-8(2)5-9(7-23)13(20)16-6-12(19)17-10(14(21)22)3-4-11(15)18/h8-10,23H,3-7H2,1-2H3,(H2,15,18)(H,16,20)(H,17,19)(H,21,22)/t9?,10-/m0/s1. The molecule has 9 heteroatoms. The molecule has 5 N–H and O–H groups in total. The van der Waals surface area contributed by atoms with Gasteiger partial charge in [0.15, 0.2) is 0 Å². The average molecular weight is 347 g/mol. The van der Waals surface area contributed by atoms with Gasteiger partial charge in [-0.15, -0.1) is 0 Å². The van der Waals surface area contributed by atoms with Crippen LogP contribution in [0.2, 0.25) is 0 Å². The number of amides is 3. The number of carboxylic acids is 1. The Morgan fingerprint density at radius 1 is 1.22 bits per heavy atom. The first kappa shape index (κ1) is 21.2. The Bertz CT molecular complexity index is 442. The van der Waals surface area contributed by atoms with E-state index in [0.29, 0.717) is 18.1 Å². The molecule has 8 nitrogen and oxygen atoms in total. The second kappa shape index (κ2) is 10.9. The molecule has 0 radical (unpaired) electrons. The maximum absolute atomic E-state index is 11.9. The number of carboxylic acid groups (broad SMARTS) is 1. The monoisotopic (exact) mass is 347 g/mol. The highest BCUT2D eigenvalue weighted by Crippen LogP contribution is 2.13. The van der Waals surface area contributed by atoms with Crippen molar-refractivity contribution >= 4 is 36.3 Å². The first-order valence-electron chi connectivity index (χ1n) is 7.36. The normalized spacial score (nSPS) is 13.2. The number of nitrogens with one attached hydrogen (secondary N) is 2. The van der Waals surface area contributed by atoms with Crippen molar-refractivity contribution < 1.29 is 24.3 Å². The summed E-state index contributed by atoms with van der Waals surface area (Å²) in [5, 5.41) is 13.7. The fraction of sp³-hybridized carbons (Fsp3) is 0.714. The van der Waals surface area contributed by atoms with Gasteiger partial charge < -0.3 is 21.5 Å². The fourth-order valence-electron chi connectivity index (χ4n) is 1.93. The summed E-state index contributed by atoms with van der Waals surface area (Å²) in [4.78, 5) is 45.3.